The molecule has 4 rings (SSSR count). The summed E-state index contributed by atoms with van der Waals surface area (Å²) >= 11 is 0. The molecular weight excluding hydrogens is 438 g/mol. The number of rotatable bonds is 13. The average Bonchev–Trinajstić information content (AvgIpc) is 3.26. The summed E-state index contributed by atoms with van der Waals surface area (Å²) in [4.78, 5) is 17.2. The number of unbranched alkanes of at least 4 members (excludes halogenated alkanes) is 2. The van der Waals surface area contributed by atoms with Crippen molar-refractivity contribution in [2.45, 2.75) is 70.8 Å². The number of nitrogens with one attached hydrogen (secondary N) is 1. The largest absolute Gasteiger partial charge is 0.497 e. The molecule has 1 amide bonds. The van der Waals surface area contributed by atoms with E-state index in [1.807, 2.05) is 30.3 Å². The van der Waals surface area contributed by atoms with Crippen LogP contribution in [0.1, 0.15) is 63.6 Å². The van der Waals surface area contributed by atoms with E-state index in [0.717, 1.165) is 80.9 Å². The molecule has 188 valence electrons. The first kappa shape index (κ1) is 25.1. The number of benzene rings is 2. The van der Waals surface area contributed by atoms with Crippen LogP contribution in [0.3, 0.4) is 0 Å². The average molecular weight is 478 g/mol. The summed E-state index contributed by atoms with van der Waals surface area (Å²) in [6.45, 7) is 2.30. The van der Waals surface area contributed by atoms with Gasteiger partial charge in [-0.05, 0) is 56.4 Å². The molecule has 0 unspecified atom stereocenters. The van der Waals surface area contributed by atoms with Gasteiger partial charge >= 0.3 is 0 Å². The summed E-state index contributed by atoms with van der Waals surface area (Å²) in [5.74, 6) is 3.28. The van der Waals surface area contributed by atoms with Crippen molar-refractivity contribution in [3.63, 3.8) is 0 Å². The summed E-state index contributed by atoms with van der Waals surface area (Å²) in [5.41, 5.74) is 2.24. The number of imidazole rings is 1. The molecule has 0 spiro atoms. The summed E-state index contributed by atoms with van der Waals surface area (Å²) in [6, 6.07) is 16.1. The van der Waals surface area contributed by atoms with Crippen molar-refractivity contribution in [2.75, 3.05) is 20.3 Å². The third kappa shape index (κ3) is 7.23. The van der Waals surface area contributed by atoms with Crippen LogP contribution in [0.2, 0.25) is 0 Å². The molecule has 1 N–H and O–H groups in total. The monoisotopic (exact) mass is 477 g/mol. The minimum Gasteiger partial charge on any atom is -0.497 e. The standard InChI is InChI=1S/C29H39N3O3/c1-34-24-14-10-15-25(22-24)35-21-11-20-32-27-17-8-7-16-26(27)31-28(32)18-6-3-9-19-30-29(33)23-12-4-2-5-13-23/h7-8,10,14-17,22-23H,2-6,9,11-13,18-21H2,1H3,(H,30,33). The zero-order valence-corrected chi connectivity index (χ0v) is 21.0. The lowest BCUT2D eigenvalue weighted by Gasteiger charge is -2.20. The van der Waals surface area contributed by atoms with Crippen LogP contribution < -0.4 is 14.8 Å². The predicted octanol–water partition coefficient (Wildman–Crippen LogP) is 5.92. The summed E-state index contributed by atoms with van der Waals surface area (Å²) in [6.07, 6.45) is 10.8. The fraction of sp³-hybridized carbons (Fsp3) is 0.517. The third-order valence-electron chi connectivity index (χ3n) is 6.92. The van der Waals surface area contributed by atoms with Gasteiger partial charge in [-0.2, -0.15) is 0 Å². The second kappa shape index (κ2) is 13.2. The van der Waals surface area contributed by atoms with Crippen molar-refractivity contribution in [3.05, 3.63) is 54.4 Å². The number of aryl methyl sites for hydroxylation is 2. The minimum atomic E-state index is 0.247. The first-order valence-corrected chi connectivity index (χ1v) is 13.2. The Kier molecular flexibility index (Phi) is 9.44. The van der Waals surface area contributed by atoms with E-state index in [2.05, 4.69) is 28.1 Å². The van der Waals surface area contributed by atoms with Gasteiger partial charge in [-0.3, -0.25) is 4.79 Å². The van der Waals surface area contributed by atoms with Crippen molar-refractivity contribution in [3.8, 4) is 11.5 Å². The molecule has 0 aliphatic heterocycles. The normalized spacial score (nSPS) is 14.2. The van der Waals surface area contributed by atoms with E-state index < -0.39 is 0 Å². The van der Waals surface area contributed by atoms with Crippen LogP contribution in [-0.2, 0) is 17.8 Å². The number of nitrogens with zero attached hydrogens (tertiary/aromatic N) is 2. The number of methoxy groups -OCH3 is 1. The number of hydrogen-bond acceptors (Lipinski definition) is 4. The lowest BCUT2D eigenvalue weighted by molar-refractivity contribution is -0.125. The Labute approximate surface area is 209 Å². The van der Waals surface area contributed by atoms with Gasteiger partial charge in [0.1, 0.15) is 17.3 Å². The first-order chi connectivity index (χ1) is 17.2. The van der Waals surface area contributed by atoms with Crippen LogP contribution in [0.15, 0.2) is 48.5 Å². The van der Waals surface area contributed by atoms with E-state index in [4.69, 9.17) is 14.5 Å². The molecule has 1 aromatic heterocycles. The van der Waals surface area contributed by atoms with Gasteiger partial charge in [-0.1, -0.05) is 43.9 Å². The molecule has 0 atom stereocenters. The van der Waals surface area contributed by atoms with Crippen molar-refractivity contribution >= 4 is 16.9 Å². The zero-order chi connectivity index (χ0) is 24.3. The third-order valence-corrected chi connectivity index (χ3v) is 6.92. The maximum Gasteiger partial charge on any atom is 0.223 e. The molecule has 0 bridgehead atoms. The van der Waals surface area contributed by atoms with Gasteiger partial charge in [0.2, 0.25) is 5.91 Å². The Hall–Kier alpha value is -3.02. The smallest absolute Gasteiger partial charge is 0.223 e. The van der Waals surface area contributed by atoms with Gasteiger partial charge in [0.25, 0.3) is 0 Å². The van der Waals surface area contributed by atoms with E-state index in [1.165, 1.54) is 24.8 Å². The van der Waals surface area contributed by atoms with Crippen LogP contribution in [0, 0.1) is 5.92 Å². The van der Waals surface area contributed by atoms with Crippen LogP contribution in [0.4, 0.5) is 0 Å². The van der Waals surface area contributed by atoms with E-state index in [0.29, 0.717) is 6.61 Å². The van der Waals surface area contributed by atoms with E-state index in [-0.39, 0.29) is 11.8 Å². The van der Waals surface area contributed by atoms with Crippen LogP contribution in [0.5, 0.6) is 11.5 Å². The molecule has 1 saturated carbocycles. The Balaban J connectivity index is 1.22. The van der Waals surface area contributed by atoms with Gasteiger partial charge in [-0.25, -0.2) is 4.98 Å². The summed E-state index contributed by atoms with van der Waals surface area (Å²) in [5, 5.41) is 3.16. The van der Waals surface area contributed by atoms with E-state index in [9.17, 15) is 4.79 Å². The van der Waals surface area contributed by atoms with Gasteiger partial charge in [0.05, 0.1) is 24.8 Å². The van der Waals surface area contributed by atoms with Gasteiger partial charge in [0.15, 0.2) is 0 Å². The Morgan fingerprint density at radius 1 is 1.00 bits per heavy atom. The molecule has 1 aliphatic carbocycles. The lowest BCUT2D eigenvalue weighted by Crippen LogP contribution is -2.32. The number of carbonyl (C=O) groups excluding carboxylic acids is 1. The number of aromatic nitrogens is 2. The predicted molar refractivity (Wildman–Crippen MR) is 140 cm³/mol. The Morgan fingerprint density at radius 2 is 1.83 bits per heavy atom. The molecule has 6 nitrogen and oxygen atoms in total. The maximum absolute atomic E-state index is 12.3. The molecule has 35 heavy (non-hydrogen) atoms. The topological polar surface area (TPSA) is 65.4 Å². The summed E-state index contributed by atoms with van der Waals surface area (Å²) < 4.78 is 13.6. The summed E-state index contributed by atoms with van der Waals surface area (Å²) in [7, 11) is 1.67. The van der Waals surface area contributed by atoms with E-state index >= 15 is 0 Å². The van der Waals surface area contributed by atoms with Gasteiger partial charge in [0, 0.05) is 31.5 Å². The maximum atomic E-state index is 12.3. The van der Waals surface area contributed by atoms with Gasteiger partial charge < -0.3 is 19.4 Å². The molecular formula is C29H39N3O3. The number of hydrogen-bond donors (Lipinski definition) is 1. The quantitative estimate of drug-likeness (QED) is 0.310. The molecule has 2 aromatic carbocycles. The number of fused-ring (bicyclic) bond motifs is 1. The molecule has 3 aromatic rings. The molecule has 1 aliphatic rings. The zero-order valence-electron chi connectivity index (χ0n) is 21.0. The fourth-order valence-electron chi connectivity index (χ4n) is 4.98. The Bertz CT molecular complexity index is 1070. The van der Waals surface area contributed by atoms with Crippen molar-refractivity contribution in [1.82, 2.24) is 14.9 Å². The molecule has 1 fully saturated rings. The number of amides is 1. The van der Waals surface area contributed by atoms with Crippen LogP contribution in [0.25, 0.3) is 11.0 Å². The number of para-hydroxylation sites is 2. The molecule has 6 heteroatoms. The minimum absolute atomic E-state index is 0.247. The van der Waals surface area contributed by atoms with Crippen LogP contribution in [-0.4, -0.2) is 35.7 Å². The lowest BCUT2D eigenvalue weighted by atomic mass is 9.89. The SMILES string of the molecule is COc1cccc(OCCCn2c(CCCCCNC(=O)C3CCCCC3)nc3ccccc32)c1. The van der Waals surface area contributed by atoms with Crippen molar-refractivity contribution in [2.24, 2.45) is 5.92 Å². The van der Waals surface area contributed by atoms with Crippen molar-refractivity contribution < 1.29 is 14.3 Å². The second-order valence-corrected chi connectivity index (χ2v) is 9.49. The highest BCUT2D eigenvalue weighted by Crippen LogP contribution is 2.24. The second-order valence-electron chi connectivity index (χ2n) is 9.49. The van der Waals surface area contributed by atoms with Gasteiger partial charge in [-0.15, -0.1) is 0 Å². The fourth-order valence-corrected chi connectivity index (χ4v) is 4.98. The van der Waals surface area contributed by atoms with Crippen LogP contribution >= 0.6 is 0 Å². The highest BCUT2D eigenvalue weighted by Gasteiger charge is 2.20. The highest BCUT2D eigenvalue weighted by molar-refractivity contribution is 5.78. The highest BCUT2D eigenvalue weighted by atomic mass is 16.5. The molecule has 1 heterocycles. The Morgan fingerprint density at radius 3 is 2.69 bits per heavy atom. The molecule has 0 radical (unpaired) electrons. The first-order valence-electron chi connectivity index (χ1n) is 13.2. The number of ether oxygens (including phenoxy) is 2. The molecule has 0 saturated heterocycles. The van der Waals surface area contributed by atoms with E-state index in [1.54, 1.807) is 7.11 Å². The number of carbonyl (C=O) groups is 1. The van der Waals surface area contributed by atoms with Crippen molar-refractivity contribution in [1.29, 1.82) is 0 Å².